The van der Waals surface area contributed by atoms with Gasteiger partial charge in [0.2, 0.25) is 5.91 Å². The predicted molar refractivity (Wildman–Crippen MR) is 108 cm³/mol. The Labute approximate surface area is 163 Å². The minimum Gasteiger partial charge on any atom is -0.492 e. The lowest BCUT2D eigenvalue weighted by Crippen LogP contribution is -2.27. The number of ether oxygens (including phenoxy) is 1. The summed E-state index contributed by atoms with van der Waals surface area (Å²) in [6.45, 7) is 7.97. The van der Waals surface area contributed by atoms with Crippen molar-refractivity contribution in [2.45, 2.75) is 39.2 Å². The standard InChI is InChI=1S/C18H29N3O2.2ClH/c1-3-21(4-2)11-12-23-17-9-7-16(8-10-17)20-18(22)14-5-6-15(19)13-14;;/h7-10,14-15H,3-6,11-13,19H2,1-2H3,(H,20,22);2*1H. The number of halogens is 2. The molecule has 1 saturated carbocycles. The van der Waals surface area contributed by atoms with Crippen LogP contribution in [-0.2, 0) is 4.79 Å². The fourth-order valence-corrected chi connectivity index (χ4v) is 2.97. The molecule has 3 N–H and O–H groups in total. The molecular weight excluding hydrogens is 361 g/mol. The zero-order chi connectivity index (χ0) is 16.7. The van der Waals surface area contributed by atoms with Gasteiger partial charge in [0.15, 0.2) is 0 Å². The van der Waals surface area contributed by atoms with Crippen LogP contribution in [0.4, 0.5) is 5.69 Å². The Morgan fingerprint density at radius 3 is 2.36 bits per heavy atom. The maximum atomic E-state index is 12.2. The molecule has 0 spiro atoms. The molecule has 0 heterocycles. The van der Waals surface area contributed by atoms with Crippen molar-refractivity contribution in [2.24, 2.45) is 11.7 Å². The highest BCUT2D eigenvalue weighted by Crippen LogP contribution is 2.25. The topological polar surface area (TPSA) is 67.6 Å². The van der Waals surface area contributed by atoms with Gasteiger partial charge in [0.25, 0.3) is 0 Å². The van der Waals surface area contributed by atoms with Crippen LogP contribution in [0.2, 0.25) is 0 Å². The summed E-state index contributed by atoms with van der Waals surface area (Å²) >= 11 is 0. The number of nitrogens with two attached hydrogens (primary N) is 1. The highest BCUT2D eigenvalue weighted by atomic mass is 35.5. The van der Waals surface area contributed by atoms with Gasteiger partial charge in [-0.3, -0.25) is 4.79 Å². The van der Waals surface area contributed by atoms with E-state index in [9.17, 15) is 4.79 Å². The molecule has 0 radical (unpaired) electrons. The van der Waals surface area contributed by atoms with Gasteiger partial charge in [-0.05, 0) is 56.6 Å². The lowest BCUT2D eigenvalue weighted by atomic mass is 10.1. The SMILES string of the molecule is CCN(CC)CCOc1ccc(NC(=O)C2CCC(N)C2)cc1.Cl.Cl. The molecule has 0 bridgehead atoms. The summed E-state index contributed by atoms with van der Waals surface area (Å²) < 4.78 is 5.74. The highest BCUT2D eigenvalue weighted by Gasteiger charge is 2.27. The highest BCUT2D eigenvalue weighted by molar-refractivity contribution is 5.92. The lowest BCUT2D eigenvalue weighted by Gasteiger charge is -2.18. The van der Waals surface area contributed by atoms with Gasteiger partial charge in [0, 0.05) is 24.2 Å². The molecule has 2 atom stereocenters. The average Bonchev–Trinajstić information content (AvgIpc) is 3.00. The number of hydrogen-bond acceptors (Lipinski definition) is 4. The van der Waals surface area contributed by atoms with E-state index in [-0.39, 0.29) is 42.7 Å². The van der Waals surface area contributed by atoms with Gasteiger partial charge in [-0.25, -0.2) is 0 Å². The van der Waals surface area contributed by atoms with E-state index in [0.717, 1.165) is 50.3 Å². The lowest BCUT2D eigenvalue weighted by molar-refractivity contribution is -0.119. The molecule has 1 amide bonds. The Bertz CT molecular complexity index is 496. The Hall–Kier alpha value is -1.01. The normalized spacial score (nSPS) is 19.0. The second kappa shape index (κ2) is 12.4. The van der Waals surface area contributed by atoms with Crippen molar-refractivity contribution in [1.82, 2.24) is 4.90 Å². The largest absolute Gasteiger partial charge is 0.492 e. The van der Waals surface area contributed by atoms with Gasteiger partial charge < -0.3 is 20.7 Å². The number of carbonyl (C=O) groups excluding carboxylic acids is 1. The Morgan fingerprint density at radius 2 is 1.84 bits per heavy atom. The number of hydrogen-bond donors (Lipinski definition) is 2. The first-order valence-corrected chi connectivity index (χ1v) is 8.64. The van der Waals surface area contributed by atoms with Gasteiger partial charge in [0.1, 0.15) is 12.4 Å². The second-order valence-electron chi connectivity index (χ2n) is 6.16. The van der Waals surface area contributed by atoms with E-state index in [4.69, 9.17) is 10.5 Å². The van der Waals surface area contributed by atoms with E-state index in [1.807, 2.05) is 24.3 Å². The van der Waals surface area contributed by atoms with Gasteiger partial charge in [-0.1, -0.05) is 13.8 Å². The molecule has 0 saturated heterocycles. The summed E-state index contributed by atoms with van der Waals surface area (Å²) in [5, 5.41) is 2.97. The first-order chi connectivity index (χ1) is 11.1. The summed E-state index contributed by atoms with van der Waals surface area (Å²) in [7, 11) is 0. The molecule has 1 aromatic carbocycles. The van der Waals surface area contributed by atoms with Crippen LogP contribution in [0, 0.1) is 5.92 Å². The van der Waals surface area contributed by atoms with Crippen molar-refractivity contribution in [3.63, 3.8) is 0 Å². The Morgan fingerprint density at radius 1 is 1.20 bits per heavy atom. The van der Waals surface area contributed by atoms with Crippen molar-refractivity contribution in [3.8, 4) is 5.75 Å². The molecule has 1 aliphatic carbocycles. The molecule has 144 valence electrons. The first kappa shape index (κ1) is 24.0. The minimum atomic E-state index is 0. The average molecular weight is 392 g/mol. The Kier molecular flexibility index (Phi) is 11.9. The minimum absolute atomic E-state index is 0. The molecule has 2 unspecified atom stereocenters. The number of anilines is 1. The summed E-state index contributed by atoms with van der Waals surface area (Å²) in [4.78, 5) is 14.5. The van der Waals surface area contributed by atoms with Crippen molar-refractivity contribution in [2.75, 3.05) is 31.6 Å². The van der Waals surface area contributed by atoms with Crippen LogP contribution in [0.1, 0.15) is 33.1 Å². The molecule has 2 rings (SSSR count). The zero-order valence-corrected chi connectivity index (χ0v) is 16.7. The fourth-order valence-electron chi connectivity index (χ4n) is 2.97. The van der Waals surface area contributed by atoms with Crippen molar-refractivity contribution >= 4 is 36.4 Å². The van der Waals surface area contributed by atoms with Crippen LogP contribution < -0.4 is 15.8 Å². The summed E-state index contributed by atoms with van der Waals surface area (Å²) in [6, 6.07) is 7.75. The van der Waals surface area contributed by atoms with Gasteiger partial charge in [-0.15, -0.1) is 24.8 Å². The van der Waals surface area contributed by atoms with E-state index >= 15 is 0 Å². The fraction of sp³-hybridized carbons (Fsp3) is 0.611. The Balaban J connectivity index is 0.00000288. The van der Waals surface area contributed by atoms with Crippen LogP contribution in [0.15, 0.2) is 24.3 Å². The number of likely N-dealkylation sites (N-methyl/N-ethyl adjacent to an activating group) is 1. The van der Waals surface area contributed by atoms with Gasteiger partial charge in [0.05, 0.1) is 0 Å². The van der Waals surface area contributed by atoms with Crippen molar-refractivity contribution < 1.29 is 9.53 Å². The maximum absolute atomic E-state index is 12.2. The van der Waals surface area contributed by atoms with Crippen LogP contribution in [0.3, 0.4) is 0 Å². The third-order valence-corrected chi connectivity index (χ3v) is 4.54. The number of nitrogens with one attached hydrogen (secondary N) is 1. The number of amides is 1. The quantitative estimate of drug-likeness (QED) is 0.712. The molecule has 0 aliphatic heterocycles. The number of benzene rings is 1. The summed E-state index contributed by atoms with van der Waals surface area (Å²) in [5.74, 6) is 0.959. The maximum Gasteiger partial charge on any atom is 0.227 e. The molecule has 1 aromatic rings. The molecule has 7 heteroatoms. The van der Waals surface area contributed by atoms with Crippen molar-refractivity contribution in [3.05, 3.63) is 24.3 Å². The molecule has 1 fully saturated rings. The molecular formula is C18H31Cl2N3O2. The van der Waals surface area contributed by atoms with Gasteiger partial charge >= 0.3 is 0 Å². The number of nitrogens with zero attached hydrogens (tertiary/aromatic N) is 1. The third-order valence-electron chi connectivity index (χ3n) is 4.54. The monoisotopic (exact) mass is 391 g/mol. The van der Waals surface area contributed by atoms with E-state index in [1.165, 1.54) is 0 Å². The van der Waals surface area contributed by atoms with E-state index in [2.05, 4.69) is 24.1 Å². The van der Waals surface area contributed by atoms with E-state index in [1.54, 1.807) is 0 Å². The smallest absolute Gasteiger partial charge is 0.227 e. The van der Waals surface area contributed by atoms with Crippen molar-refractivity contribution in [1.29, 1.82) is 0 Å². The van der Waals surface area contributed by atoms with Crippen LogP contribution in [0.5, 0.6) is 5.75 Å². The summed E-state index contributed by atoms with van der Waals surface area (Å²) in [6.07, 6.45) is 2.62. The third kappa shape index (κ3) is 7.82. The first-order valence-electron chi connectivity index (χ1n) is 8.64. The van der Waals surface area contributed by atoms with Crippen LogP contribution in [0.25, 0.3) is 0 Å². The molecule has 25 heavy (non-hydrogen) atoms. The predicted octanol–water partition coefficient (Wildman–Crippen LogP) is 3.32. The molecule has 1 aliphatic rings. The second-order valence-corrected chi connectivity index (χ2v) is 6.16. The number of carbonyl (C=O) groups is 1. The summed E-state index contributed by atoms with van der Waals surface area (Å²) in [5.41, 5.74) is 6.68. The van der Waals surface area contributed by atoms with Crippen LogP contribution >= 0.6 is 24.8 Å². The molecule has 5 nitrogen and oxygen atoms in total. The van der Waals surface area contributed by atoms with E-state index < -0.39 is 0 Å². The van der Waals surface area contributed by atoms with Crippen LogP contribution in [-0.4, -0.2) is 43.1 Å². The zero-order valence-electron chi connectivity index (χ0n) is 15.1. The van der Waals surface area contributed by atoms with E-state index in [0.29, 0.717) is 6.61 Å². The number of rotatable bonds is 8. The van der Waals surface area contributed by atoms with Gasteiger partial charge in [-0.2, -0.15) is 0 Å². The molecule has 0 aromatic heterocycles.